The third-order valence-electron chi connectivity index (χ3n) is 2.82. The largest absolute Gasteiger partial charge is 0.493 e. The van der Waals surface area contributed by atoms with Crippen LogP contribution in [0, 0.1) is 0 Å². The first-order valence-corrected chi connectivity index (χ1v) is 5.94. The highest BCUT2D eigenvalue weighted by Crippen LogP contribution is 2.27. The summed E-state index contributed by atoms with van der Waals surface area (Å²) >= 11 is 0. The predicted octanol–water partition coefficient (Wildman–Crippen LogP) is 2.43. The van der Waals surface area contributed by atoms with Crippen molar-refractivity contribution in [2.24, 2.45) is 7.05 Å². The first-order valence-electron chi connectivity index (χ1n) is 5.94. The summed E-state index contributed by atoms with van der Waals surface area (Å²) < 4.78 is 6.86. The summed E-state index contributed by atoms with van der Waals surface area (Å²) in [7, 11) is 3.43. The van der Waals surface area contributed by atoms with Gasteiger partial charge in [0, 0.05) is 7.05 Å². The Bertz CT molecular complexity index is 310. The molecule has 0 fully saturated rings. The van der Waals surface area contributed by atoms with Crippen molar-refractivity contribution in [1.82, 2.24) is 9.78 Å². The molecule has 1 rings (SSSR count). The summed E-state index contributed by atoms with van der Waals surface area (Å²) in [6.07, 6.45) is 6.61. The number of aliphatic hydroxyl groups is 1. The molecule has 1 heterocycles. The highest BCUT2D eigenvalue weighted by molar-refractivity contribution is 5.26. The average Bonchev–Trinajstić information content (AvgIpc) is 2.65. The van der Waals surface area contributed by atoms with Crippen LogP contribution in [0.1, 0.15) is 50.8 Å². The van der Waals surface area contributed by atoms with E-state index in [9.17, 15) is 5.11 Å². The molecule has 0 aromatic carbocycles. The summed E-state index contributed by atoms with van der Waals surface area (Å²) in [6, 6.07) is 0. The quantitative estimate of drug-likeness (QED) is 0.726. The first-order chi connectivity index (χ1) is 7.70. The molecule has 0 saturated carbocycles. The van der Waals surface area contributed by atoms with E-state index in [0.717, 1.165) is 18.5 Å². The van der Waals surface area contributed by atoms with Crippen molar-refractivity contribution in [3.05, 3.63) is 11.9 Å². The molecule has 0 saturated heterocycles. The summed E-state index contributed by atoms with van der Waals surface area (Å²) in [5.41, 5.74) is 0.777. The van der Waals surface area contributed by atoms with Gasteiger partial charge in [0.2, 0.25) is 0 Å². The van der Waals surface area contributed by atoms with Crippen LogP contribution >= 0.6 is 0 Å². The number of rotatable bonds is 7. The van der Waals surface area contributed by atoms with Crippen LogP contribution in [0.3, 0.4) is 0 Å². The molecule has 4 nitrogen and oxygen atoms in total. The molecular formula is C12H22N2O2. The molecule has 92 valence electrons. The van der Waals surface area contributed by atoms with Crippen LogP contribution in [-0.4, -0.2) is 22.0 Å². The van der Waals surface area contributed by atoms with E-state index in [1.807, 2.05) is 7.05 Å². The van der Waals surface area contributed by atoms with Gasteiger partial charge in [0.25, 0.3) is 0 Å². The van der Waals surface area contributed by atoms with Crippen LogP contribution < -0.4 is 4.74 Å². The fraction of sp³-hybridized carbons (Fsp3) is 0.750. The van der Waals surface area contributed by atoms with Gasteiger partial charge in [0.1, 0.15) is 5.69 Å². The second kappa shape index (κ2) is 6.53. The minimum atomic E-state index is -0.473. The molecule has 0 bridgehead atoms. The van der Waals surface area contributed by atoms with Crippen LogP contribution in [0.5, 0.6) is 5.75 Å². The molecular weight excluding hydrogens is 204 g/mol. The molecule has 0 aliphatic heterocycles. The van der Waals surface area contributed by atoms with E-state index in [-0.39, 0.29) is 0 Å². The summed E-state index contributed by atoms with van der Waals surface area (Å²) in [6.45, 7) is 2.18. The van der Waals surface area contributed by atoms with Gasteiger partial charge < -0.3 is 9.84 Å². The predicted molar refractivity (Wildman–Crippen MR) is 63.5 cm³/mol. The Labute approximate surface area is 97.2 Å². The lowest BCUT2D eigenvalue weighted by molar-refractivity contribution is 0.150. The molecule has 1 unspecified atom stereocenters. The Hall–Kier alpha value is -1.03. The normalized spacial score (nSPS) is 12.8. The van der Waals surface area contributed by atoms with E-state index < -0.39 is 6.10 Å². The minimum absolute atomic E-state index is 0.473. The van der Waals surface area contributed by atoms with Crippen molar-refractivity contribution in [1.29, 1.82) is 0 Å². The summed E-state index contributed by atoms with van der Waals surface area (Å²) in [5.74, 6) is 0.672. The Morgan fingerprint density at radius 2 is 2.19 bits per heavy atom. The van der Waals surface area contributed by atoms with Gasteiger partial charge in [0.15, 0.2) is 5.75 Å². The van der Waals surface area contributed by atoms with Crippen LogP contribution in [0.4, 0.5) is 0 Å². The number of hydrogen-bond donors (Lipinski definition) is 1. The molecule has 0 spiro atoms. The van der Waals surface area contributed by atoms with Gasteiger partial charge in [-0.3, -0.25) is 4.68 Å². The van der Waals surface area contributed by atoms with Gasteiger partial charge in [-0.05, 0) is 6.42 Å². The van der Waals surface area contributed by atoms with Crippen molar-refractivity contribution in [2.75, 3.05) is 7.11 Å². The number of ether oxygens (including phenoxy) is 1. The molecule has 0 aliphatic rings. The number of hydrogen-bond acceptors (Lipinski definition) is 3. The third-order valence-corrected chi connectivity index (χ3v) is 2.82. The zero-order chi connectivity index (χ0) is 12.0. The van der Waals surface area contributed by atoms with E-state index in [2.05, 4.69) is 12.0 Å². The highest BCUT2D eigenvalue weighted by atomic mass is 16.5. The molecule has 16 heavy (non-hydrogen) atoms. The van der Waals surface area contributed by atoms with Gasteiger partial charge >= 0.3 is 0 Å². The standard InChI is InChI=1S/C12H22N2O2/c1-4-5-6-7-8-10(15)12-11(16-3)9-13-14(12)2/h9-10,15H,4-8H2,1-3H3. The van der Waals surface area contributed by atoms with Gasteiger partial charge in [0.05, 0.1) is 19.4 Å². The number of aryl methyl sites for hydroxylation is 1. The maximum Gasteiger partial charge on any atom is 0.162 e. The third kappa shape index (κ3) is 3.23. The topological polar surface area (TPSA) is 47.3 Å². The first kappa shape index (κ1) is 13.0. The van der Waals surface area contributed by atoms with Gasteiger partial charge in [-0.2, -0.15) is 5.10 Å². The maximum atomic E-state index is 10.1. The van der Waals surface area contributed by atoms with E-state index in [4.69, 9.17) is 4.74 Å². The number of methoxy groups -OCH3 is 1. The van der Waals surface area contributed by atoms with Crippen LogP contribution in [0.25, 0.3) is 0 Å². The molecule has 1 N–H and O–H groups in total. The van der Waals surface area contributed by atoms with Crippen molar-refractivity contribution >= 4 is 0 Å². The smallest absolute Gasteiger partial charge is 0.162 e. The Balaban J connectivity index is 2.51. The Kier molecular flexibility index (Phi) is 5.32. The molecule has 0 radical (unpaired) electrons. The summed E-state index contributed by atoms with van der Waals surface area (Å²) in [4.78, 5) is 0. The zero-order valence-corrected chi connectivity index (χ0v) is 10.4. The van der Waals surface area contributed by atoms with Crippen LogP contribution in [-0.2, 0) is 7.05 Å². The molecule has 4 heteroatoms. The van der Waals surface area contributed by atoms with E-state index in [1.54, 1.807) is 18.0 Å². The lowest BCUT2D eigenvalue weighted by atomic mass is 10.1. The molecule has 1 atom stereocenters. The van der Waals surface area contributed by atoms with Gasteiger partial charge in [-0.15, -0.1) is 0 Å². The van der Waals surface area contributed by atoms with Crippen LogP contribution in [0.2, 0.25) is 0 Å². The number of unbranched alkanes of at least 4 members (excludes halogenated alkanes) is 3. The monoisotopic (exact) mass is 226 g/mol. The second-order valence-corrected chi connectivity index (χ2v) is 4.09. The summed E-state index contributed by atoms with van der Waals surface area (Å²) in [5, 5.41) is 14.1. The van der Waals surface area contributed by atoms with E-state index in [0.29, 0.717) is 5.75 Å². The average molecular weight is 226 g/mol. The van der Waals surface area contributed by atoms with Crippen molar-refractivity contribution in [3.8, 4) is 5.75 Å². The zero-order valence-electron chi connectivity index (χ0n) is 10.4. The SMILES string of the molecule is CCCCCCC(O)c1c(OC)cnn1C. The fourth-order valence-electron chi connectivity index (χ4n) is 1.87. The van der Waals surface area contributed by atoms with E-state index >= 15 is 0 Å². The molecule has 0 amide bonds. The Morgan fingerprint density at radius 3 is 2.81 bits per heavy atom. The minimum Gasteiger partial charge on any atom is -0.493 e. The second-order valence-electron chi connectivity index (χ2n) is 4.09. The molecule has 1 aromatic rings. The molecule has 0 aliphatic carbocycles. The Morgan fingerprint density at radius 1 is 1.44 bits per heavy atom. The highest BCUT2D eigenvalue weighted by Gasteiger charge is 2.17. The number of aromatic nitrogens is 2. The lowest BCUT2D eigenvalue weighted by Gasteiger charge is -2.12. The number of nitrogens with zero attached hydrogens (tertiary/aromatic N) is 2. The maximum absolute atomic E-state index is 10.1. The molecule has 1 aromatic heterocycles. The van der Waals surface area contributed by atoms with Crippen molar-refractivity contribution in [3.63, 3.8) is 0 Å². The van der Waals surface area contributed by atoms with Gasteiger partial charge in [-0.25, -0.2) is 0 Å². The number of aliphatic hydroxyl groups excluding tert-OH is 1. The fourth-order valence-corrected chi connectivity index (χ4v) is 1.87. The van der Waals surface area contributed by atoms with Gasteiger partial charge in [-0.1, -0.05) is 32.6 Å². The van der Waals surface area contributed by atoms with E-state index in [1.165, 1.54) is 19.3 Å². The van der Waals surface area contributed by atoms with Crippen molar-refractivity contribution in [2.45, 2.75) is 45.1 Å². The lowest BCUT2D eigenvalue weighted by Crippen LogP contribution is -2.06. The van der Waals surface area contributed by atoms with Crippen molar-refractivity contribution < 1.29 is 9.84 Å². The van der Waals surface area contributed by atoms with Crippen LogP contribution in [0.15, 0.2) is 6.20 Å².